The van der Waals surface area contributed by atoms with E-state index in [1.807, 2.05) is 0 Å². The van der Waals surface area contributed by atoms with Crippen LogP contribution in [0.5, 0.6) is 0 Å². The highest BCUT2D eigenvalue weighted by Gasteiger charge is 1.94. The first-order chi connectivity index (χ1) is 10.8. The van der Waals surface area contributed by atoms with Crippen molar-refractivity contribution in [2.75, 3.05) is 0 Å². The van der Waals surface area contributed by atoms with Crippen LogP contribution >= 0.6 is 0 Å². The number of allylic oxidation sites excluding steroid dienone is 6. The minimum absolute atomic E-state index is 0.309. The lowest BCUT2D eigenvalue weighted by Crippen LogP contribution is -1.93. The Labute approximate surface area is 137 Å². The van der Waals surface area contributed by atoms with Crippen molar-refractivity contribution in [3.05, 3.63) is 36.5 Å². The normalized spacial score (nSPS) is 12.0. The van der Waals surface area contributed by atoms with Gasteiger partial charge < -0.3 is 5.11 Å². The molecule has 0 bridgehead atoms. The second-order valence-electron chi connectivity index (χ2n) is 5.68. The number of unbranched alkanes of at least 4 members (excludes halogenated alkanes) is 7. The van der Waals surface area contributed by atoms with Crippen LogP contribution < -0.4 is 0 Å². The lowest BCUT2D eigenvalue weighted by atomic mass is 10.1. The molecule has 0 spiro atoms. The average molecular weight is 306 g/mol. The van der Waals surface area contributed by atoms with Crippen molar-refractivity contribution < 1.29 is 9.90 Å². The first-order valence-corrected chi connectivity index (χ1v) is 8.94. The first-order valence-electron chi connectivity index (χ1n) is 8.94. The van der Waals surface area contributed by atoms with Gasteiger partial charge in [0.25, 0.3) is 0 Å². The number of carbonyl (C=O) groups is 1. The van der Waals surface area contributed by atoms with Gasteiger partial charge in [-0.25, -0.2) is 0 Å². The molecule has 0 saturated heterocycles. The molecular formula is C20H34O2. The molecule has 0 aromatic heterocycles. The van der Waals surface area contributed by atoms with Crippen molar-refractivity contribution >= 4 is 5.97 Å². The van der Waals surface area contributed by atoms with E-state index >= 15 is 0 Å². The number of carboxylic acid groups (broad SMARTS) is 1. The van der Waals surface area contributed by atoms with E-state index in [1.54, 1.807) is 0 Å². The summed E-state index contributed by atoms with van der Waals surface area (Å²) in [6.07, 6.45) is 26.3. The number of carboxylic acids is 1. The van der Waals surface area contributed by atoms with Gasteiger partial charge in [-0.15, -0.1) is 0 Å². The van der Waals surface area contributed by atoms with Crippen molar-refractivity contribution in [2.24, 2.45) is 0 Å². The molecule has 0 aromatic rings. The predicted octanol–water partition coefficient (Wildman–Crippen LogP) is 6.44. The monoisotopic (exact) mass is 306 g/mol. The minimum atomic E-state index is -0.681. The van der Waals surface area contributed by atoms with E-state index in [9.17, 15) is 4.79 Å². The fourth-order valence-corrected chi connectivity index (χ4v) is 2.19. The Kier molecular flexibility index (Phi) is 16.7. The van der Waals surface area contributed by atoms with Crippen LogP contribution in [0, 0.1) is 0 Å². The second-order valence-corrected chi connectivity index (χ2v) is 5.68. The maximum Gasteiger partial charge on any atom is 0.303 e. The summed E-state index contributed by atoms with van der Waals surface area (Å²) in [5.41, 5.74) is 0. The third-order valence-corrected chi connectivity index (χ3v) is 3.49. The van der Waals surface area contributed by atoms with Gasteiger partial charge in [-0.2, -0.15) is 0 Å². The molecular weight excluding hydrogens is 272 g/mol. The predicted molar refractivity (Wildman–Crippen MR) is 96.1 cm³/mol. The quantitative estimate of drug-likeness (QED) is 0.279. The van der Waals surface area contributed by atoms with Gasteiger partial charge in [0.15, 0.2) is 0 Å². The van der Waals surface area contributed by atoms with Crippen LogP contribution in [-0.4, -0.2) is 11.1 Å². The van der Waals surface area contributed by atoms with E-state index in [-0.39, 0.29) is 0 Å². The Hall–Kier alpha value is -1.31. The van der Waals surface area contributed by atoms with Gasteiger partial charge in [0.2, 0.25) is 0 Å². The molecule has 1 N–H and O–H groups in total. The van der Waals surface area contributed by atoms with Crippen LogP contribution in [0.25, 0.3) is 0 Å². The molecule has 0 aliphatic carbocycles. The van der Waals surface area contributed by atoms with Crippen LogP contribution in [-0.2, 0) is 4.79 Å². The third kappa shape index (κ3) is 18.7. The Balaban J connectivity index is 3.23. The summed E-state index contributed by atoms with van der Waals surface area (Å²) < 4.78 is 0. The lowest BCUT2D eigenvalue weighted by molar-refractivity contribution is -0.137. The Morgan fingerprint density at radius 3 is 1.64 bits per heavy atom. The molecule has 126 valence electrons. The van der Waals surface area contributed by atoms with Gasteiger partial charge in [0.05, 0.1) is 0 Å². The summed E-state index contributed by atoms with van der Waals surface area (Å²) in [6, 6.07) is 0. The number of aliphatic carboxylic acids is 1. The SMILES string of the molecule is CC/C=C/CCCC/C=C/CC/C=C/CCCCCC(=O)O. The summed E-state index contributed by atoms with van der Waals surface area (Å²) in [5.74, 6) is -0.681. The van der Waals surface area contributed by atoms with Crippen molar-refractivity contribution in [2.45, 2.75) is 84.0 Å². The molecule has 0 atom stereocenters. The standard InChI is InChI=1S/C20H34O2/c1-2-3-4-5-6-7-8-9-10-11-12-13-14-15-16-17-18-19-20(21)22/h3-4,9-10,13-14H,2,5-8,11-12,15-19H2,1H3,(H,21,22)/b4-3+,10-9+,14-13+. The Bertz CT molecular complexity index is 327. The van der Waals surface area contributed by atoms with E-state index in [2.05, 4.69) is 43.4 Å². The highest BCUT2D eigenvalue weighted by Crippen LogP contribution is 2.05. The van der Waals surface area contributed by atoms with Crippen molar-refractivity contribution in [1.29, 1.82) is 0 Å². The van der Waals surface area contributed by atoms with E-state index in [0.29, 0.717) is 6.42 Å². The number of hydrogen-bond donors (Lipinski definition) is 1. The molecule has 2 heteroatoms. The molecule has 22 heavy (non-hydrogen) atoms. The molecule has 0 amide bonds. The summed E-state index contributed by atoms with van der Waals surface area (Å²) in [4.78, 5) is 10.3. The van der Waals surface area contributed by atoms with Crippen LogP contribution in [0.2, 0.25) is 0 Å². The zero-order valence-electron chi connectivity index (χ0n) is 14.3. The molecule has 0 aromatic carbocycles. The van der Waals surface area contributed by atoms with Gasteiger partial charge in [-0.05, 0) is 64.2 Å². The van der Waals surface area contributed by atoms with E-state index in [4.69, 9.17) is 5.11 Å². The average Bonchev–Trinajstić information content (AvgIpc) is 2.50. The van der Waals surface area contributed by atoms with Gasteiger partial charge in [0, 0.05) is 6.42 Å². The van der Waals surface area contributed by atoms with Gasteiger partial charge in [-0.3, -0.25) is 4.79 Å². The van der Waals surface area contributed by atoms with Crippen LogP contribution in [0.3, 0.4) is 0 Å². The lowest BCUT2D eigenvalue weighted by Gasteiger charge is -1.95. The number of hydrogen-bond acceptors (Lipinski definition) is 1. The Morgan fingerprint density at radius 1 is 0.682 bits per heavy atom. The topological polar surface area (TPSA) is 37.3 Å². The molecule has 0 rings (SSSR count). The van der Waals surface area contributed by atoms with Crippen LogP contribution in [0.4, 0.5) is 0 Å². The highest BCUT2D eigenvalue weighted by atomic mass is 16.4. The maximum atomic E-state index is 10.3. The summed E-state index contributed by atoms with van der Waals surface area (Å²) in [7, 11) is 0. The van der Waals surface area contributed by atoms with Gasteiger partial charge in [-0.1, -0.05) is 49.8 Å². The molecule has 0 aliphatic heterocycles. The molecule has 0 radical (unpaired) electrons. The molecule has 0 aliphatic rings. The fraction of sp³-hybridized carbons (Fsp3) is 0.650. The summed E-state index contributed by atoms with van der Waals surface area (Å²) in [6.45, 7) is 2.17. The molecule has 0 heterocycles. The smallest absolute Gasteiger partial charge is 0.303 e. The zero-order valence-corrected chi connectivity index (χ0v) is 14.3. The van der Waals surface area contributed by atoms with Crippen molar-refractivity contribution in [1.82, 2.24) is 0 Å². The third-order valence-electron chi connectivity index (χ3n) is 3.49. The minimum Gasteiger partial charge on any atom is -0.481 e. The van der Waals surface area contributed by atoms with E-state index in [1.165, 1.54) is 25.7 Å². The molecule has 0 fully saturated rings. The molecule has 0 saturated carbocycles. The van der Waals surface area contributed by atoms with Crippen LogP contribution in [0.15, 0.2) is 36.5 Å². The van der Waals surface area contributed by atoms with Crippen molar-refractivity contribution in [3.63, 3.8) is 0 Å². The van der Waals surface area contributed by atoms with E-state index < -0.39 is 5.97 Å². The Morgan fingerprint density at radius 2 is 1.14 bits per heavy atom. The maximum absolute atomic E-state index is 10.3. The zero-order chi connectivity index (χ0) is 16.3. The second kappa shape index (κ2) is 17.7. The summed E-state index contributed by atoms with van der Waals surface area (Å²) in [5, 5.41) is 8.52. The van der Waals surface area contributed by atoms with Gasteiger partial charge in [0.1, 0.15) is 0 Å². The fourth-order valence-electron chi connectivity index (χ4n) is 2.19. The number of rotatable bonds is 15. The largest absolute Gasteiger partial charge is 0.481 e. The first kappa shape index (κ1) is 20.7. The van der Waals surface area contributed by atoms with Crippen LogP contribution in [0.1, 0.15) is 84.0 Å². The molecule has 2 nitrogen and oxygen atoms in total. The van der Waals surface area contributed by atoms with Crippen molar-refractivity contribution in [3.8, 4) is 0 Å². The van der Waals surface area contributed by atoms with Gasteiger partial charge >= 0.3 is 5.97 Å². The summed E-state index contributed by atoms with van der Waals surface area (Å²) >= 11 is 0. The van der Waals surface area contributed by atoms with E-state index in [0.717, 1.165) is 44.9 Å². The molecule has 0 unspecified atom stereocenters. The highest BCUT2D eigenvalue weighted by molar-refractivity contribution is 5.66.